The number of nitrogens with zero attached hydrogens (tertiary/aromatic N) is 5. The van der Waals surface area contributed by atoms with Gasteiger partial charge in [-0.15, -0.1) is 0 Å². The Labute approximate surface area is 174 Å². The number of fused-ring (bicyclic) bond motifs is 2. The predicted molar refractivity (Wildman–Crippen MR) is 105 cm³/mol. The molecule has 1 amide bonds. The molecule has 1 unspecified atom stereocenters. The highest BCUT2D eigenvalue weighted by Gasteiger charge is 2.31. The van der Waals surface area contributed by atoms with E-state index in [0.717, 1.165) is 62.9 Å². The van der Waals surface area contributed by atoms with Gasteiger partial charge in [0.25, 0.3) is 6.47 Å². The van der Waals surface area contributed by atoms with Crippen LogP contribution in [0.25, 0.3) is 0 Å². The van der Waals surface area contributed by atoms with Gasteiger partial charge in [-0.2, -0.15) is 5.10 Å². The fraction of sp³-hybridized carbons (Fsp3) is 0.500. The van der Waals surface area contributed by atoms with Crippen molar-refractivity contribution in [1.29, 1.82) is 0 Å². The number of carbonyl (C=O) groups is 2. The van der Waals surface area contributed by atoms with Crippen LogP contribution in [0.3, 0.4) is 0 Å². The number of carboxylic acid groups (broad SMARTS) is 1. The van der Waals surface area contributed by atoms with E-state index in [1.54, 1.807) is 6.33 Å². The van der Waals surface area contributed by atoms with E-state index in [-0.39, 0.29) is 18.3 Å². The van der Waals surface area contributed by atoms with Crippen molar-refractivity contribution in [2.24, 2.45) is 5.92 Å². The minimum Gasteiger partial charge on any atom is -0.483 e. The maximum atomic E-state index is 12.9. The van der Waals surface area contributed by atoms with Crippen molar-refractivity contribution in [3.05, 3.63) is 35.9 Å². The van der Waals surface area contributed by atoms with Gasteiger partial charge in [0.2, 0.25) is 12.7 Å². The number of hydrogen-bond donors (Lipinski definition) is 1. The second-order valence-electron chi connectivity index (χ2n) is 7.49. The lowest BCUT2D eigenvalue weighted by Gasteiger charge is -2.37. The number of benzene rings is 1. The molecule has 0 radical (unpaired) electrons. The van der Waals surface area contributed by atoms with Crippen LogP contribution < -0.4 is 9.47 Å². The number of hydrogen-bond acceptors (Lipinski definition) is 7. The van der Waals surface area contributed by atoms with E-state index in [9.17, 15) is 4.79 Å². The molecule has 30 heavy (non-hydrogen) atoms. The first kappa shape index (κ1) is 20.1. The third-order valence-corrected chi connectivity index (χ3v) is 5.68. The highest BCUT2D eigenvalue weighted by Crippen LogP contribution is 2.33. The molecule has 0 aliphatic carbocycles. The van der Waals surface area contributed by atoms with Crippen molar-refractivity contribution in [3.63, 3.8) is 0 Å². The Hall–Kier alpha value is -3.14. The number of aryl methyl sites for hydroxylation is 1. The molecule has 1 aromatic heterocycles. The van der Waals surface area contributed by atoms with E-state index in [2.05, 4.69) is 27.1 Å². The number of rotatable bonds is 3. The molecule has 5 rings (SSSR count). The molecule has 1 fully saturated rings. The van der Waals surface area contributed by atoms with Gasteiger partial charge in [0.15, 0.2) is 11.5 Å². The quantitative estimate of drug-likeness (QED) is 0.727. The van der Waals surface area contributed by atoms with Gasteiger partial charge in [0, 0.05) is 39.1 Å². The summed E-state index contributed by atoms with van der Waals surface area (Å²) < 4.78 is 12.7. The SMILES string of the molecule is O=C(C1CCc2ncnn2C1)N1CCN(Cc2ccc3c(c2)OCO3)CC1.O=CO. The van der Waals surface area contributed by atoms with Crippen molar-refractivity contribution in [2.45, 2.75) is 25.9 Å². The first-order valence-electron chi connectivity index (χ1n) is 10.0. The molecule has 0 spiro atoms. The lowest BCUT2D eigenvalue weighted by molar-refractivity contribution is -0.138. The fourth-order valence-corrected chi connectivity index (χ4v) is 4.12. The van der Waals surface area contributed by atoms with Crippen LogP contribution in [0, 0.1) is 5.92 Å². The van der Waals surface area contributed by atoms with Crippen LogP contribution in [0.5, 0.6) is 11.5 Å². The third-order valence-electron chi connectivity index (χ3n) is 5.68. The van der Waals surface area contributed by atoms with E-state index in [1.165, 1.54) is 5.56 Å². The number of amides is 1. The molecule has 3 aliphatic rings. The molecule has 1 N–H and O–H groups in total. The maximum Gasteiger partial charge on any atom is 0.290 e. The molecule has 10 nitrogen and oxygen atoms in total. The second kappa shape index (κ2) is 9.12. The molecule has 0 saturated carbocycles. The average Bonchev–Trinajstić information content (AvgIpc) is 3.42. The zero-order valence-electron chi connectivity index (χ0n) is 16.6. The van der Waals surface area contributed by atoms with E-state index in [0.29, 0.717) is 13.3 Å². The van der Waals surface area contributed by atoms with Crippen LogP contribution in [0.4, 0.5) is 0 Å². The largest absolute Gasteiger partial charge is 0.483 e. The van der Waals surface area contributed by atoms with E-state index in [4.69, 9.17) is 19.4 Å². The Morgan fingerprint density at radius 1 is 1.20 bits per heavy atom. The first-order valence-corrected chi connectivity index (χ1v) is 10.0. The van der Waals surface area contributed by atoms with Crippen LogP contribution in [-0.4, -0.2) is 75.0 Å². The van der Waals surface area contributed by atoms with Gasteiger partial charge in [-0.3, -0.25) is 14.5 Å². The summed E-state index contributed by atoms with van der Waals surface area (Å²) in [4.78, 5) is 29.9. The summed E-state index contributed by atoms with van der Waals surface area (Å²) in [6.07, 6.45) is 3.28. The van der Waals surface area contributed by atoms with Crippen LogP contribution in [0.1, 0.15) is 17.8 Å². The number of aromatic nitrogens is 3. The van der Waals surface area contributed by atoms with Gasteiger partial charge in [-0.1, -0.05) is 6.07 Å². The van der Waals surface area contributed by atoms with Gasteiger partial charge >= 0.3 is 0 Å². The number of ether oxygens (including phenoxy) is 2. The fourth-order valence-electron chi connectivity index (χ4n) is 4.12. The van der Waals surface area contributed by atoms with Gasteiger partial charge < -0.3 is 19.5 Å². The van der Waals surface area contributed by atoms with Crippen LogP contribution >= 0.6 is 0 Å². The highest BCUT2D eigenvalue weighted by atomic mass is 16.7. The molecule has 160 valence electrons. The van der Waals surface area contributed by atoms with E-state index >= 15 is 0 Å². The normalized spacial score (nSPS) is 20.1. The van der Waals surface area contributed by atoms with Crippen LogP contribution in [0.2, 0.25) is 0 Å². The molecule has 1 atom stereocenters. The van der Waals surface area contributed by atoms with Gasteiger partial charge in [0.1, 0.15) is 12.2 Å². The predicted octanol–water partition coefficient (Wildman–Crippen LogP) is 0.614. The van der Waals surface area contributed by atoms with Gasteiger partial charge in [0.05, 0.1) is 12.5 Å². The third kappa shape index (κ3) is 4.38. The monoisotopic (exact) mass is 415 g/mol. The zero-order valence-corrected chi connectivity index (χ0v) is 16.6. The maximum absolute atomic E-state index is 12.9. The summed E-state index contributed by atoms with van der Waals surface area (Å²) in [6, 6.07) is 6.11. The molecular weight excluding hydrogens is 390 g/mol. The molecular formula is C20H25N5O5. The summed E-state index contributed by atoms with van der Waals surface area (Å²) in [5.41, 5.74) is 1.21. The number of piperazine rings is 1. The van der Waals surface area contributed by atoms with E-state index < -0.39 is 0 Å². The Morgan fingerprint density at radius 2 is 1.97 bits per heavy atom. The molecule has 10 heteroatoms. The summed E-state index contributed by atoms with van der Waals surface area (Å²) in [7, 11) is 0. The highest BCUT2D eigenvalue weighted by molar-refractivity contribution is 5.79. The summed E-state index contributed by atoms with van der Waals surface area (Å²) in [5.74, 6) is 2.93. The zero-order chi connectivity index (χ0) is 20.9. The van der Waals surface area contributed by atoms with Gasteiger partial charge in [-0.25, -0.2) is 9.67 Å². The van der Waals surface area contributed by atoms with Crippen LogP contribution in [-0.2, 0) is 29.1 Å². The van der Waals surface area contributed by atoms with Crippen molar-refractivity contribution in [2.75, 3.05) is 33.0 Å². The summed E-state index contributed by atoms with van der Waals surface area (Å²) >= 11 is 0. The molecule has 2 aromatic rings. The minimum absolute atomic E-state index is 0.0274. The lowest BCUT2D eigenvalue weighted by Crippen LogP contribution is -2.50. The Balaban J connectivity index is 0.000000687. The Morgan fingerprint density at radius 3 is 2.77 bits per heavy atom. The van der Waals surface area contributed by atoms with Crippen molar-refractivity contribution in [3.8, 4) is 11.5 Å². The molecule has 3 aliphatic heterocycles. The standard InChI is InChI=1S/C19H23N5O3.CH2O2/c25-19(15-2-4-18-20-12-21-24(18)11-15)23-7-5-22(6-8-23)10-14-1-3-16-17(9-14)27-13-26-16;2-1-3/h1,3,9,12,15H,2,4-8,10-11,13H2;1H,(H,2,3). The Kier molecular flexibility index (Phi) is 6.12. The minimum atomic E-state index is -0.250. The lowest BCUT2D eigenvalue weighted by atomic mass is 9.98. The van der Waals surface area contributed by atoms with Crippen LogP contribution in [0.15, 0.2) is 24.5 Å². The molecule has 1 aromatic carbocycles. The second-order valence-corrected chi connectivity index (χ2v) is 7.49. The summed E-state index contributed by atoms with van der Waals surface area (Å²) in [6.45, 7) is 4.92. The Bertz CT molecular complexity index is 893. The smallest absolute Gasteiger partial charge is 0.290 e. The number of carbonyl (C=O) groups excluding carboxylic acids is 1. The summed E-state index contributed by atoms with van der Waals surface area (Å²) in [5, 5.41) is 11.1. The average molecular weight is 415 g/mol. The topological polar surface area (TPSA) is 110 Å². The van der Waals surface area contributed by atoms with Gasteiger partial charge in [-0.05, 0) is 24.1 Å². The van der Waals surface area contributed by atoms with Crippen molar-refractivity contribution >= 4 is 12.4 Å². The first-order chi connectivity index (χ1) is 14.7. The molecule has 0 bridgehead atoms. The van der Waals surface area contributed by atoms with E-state index in [1.807, 2.05) is 15.6 Å². The van der Waals surface area contributed by atoms with Crippen molar-refractivity contribution < 1.29 is 24.2 Å². The molecule has 1 saturated heterocycles. The molecule has 4 heterocycles. The van der Waals surface area contributed by atoms with Crippen molar-refractivity contribution in [1.82, 2.24) is 24.6 Å².